The van der Waals surface area contributed by atoms with Crippen LogP contribution in [0.4, 0.5) is 0 Å². The van der Waals surface area contributed by atoms with E-state index in [1.165, 1.54) is 0 Å². The van der Waals surface area contributed by atoms with Gasteiger partial charge in [0.25, 0.3) is 0 Å². The largest absolute Gasteiger partial charge is 0.481 e. The van der Waals surface area contributed by atoms with Crippen molar-refractivity contribution in [3.8, 4) is 0 Å². The van der Waals surface area contributed by atoms with Crippen LogP contribution < -0.4 is 5.32 Å². The fraction of sp³-hybridized carbons (Fsp3) is 0.846. The molecule has 0 spiro atoms. The molecule has 3 atom stereocenters. The molecule has 2 N–H and O–H groups in total. The highest BCUT2D eigenvalue weighted by atomic mass is 16.5. The van der Waals surface area contributed by atoms with Crippen LogP contribution in [-0.2, 0) is 14.3 Å². The van der Waals surface area contributed by atoms with Crippen LogP contribution in [0.15, 0.2) is 0 Å². The Morgan fingerprint density at radius 1 is 1.42 bits per heavy atom. The minimum absolute atomic E-state index is 0.00907. The van der Waals surface area contributed by atoms with Crippen molar-refractivity contribution in [1.29, 1.82) is 0 Å². The molecule has 6 heteroatoms. The smallest absolute Gasteiger partial charge is 0.311 e. The van der Waals surface area contributed by atoms with Crippen molar-refractivity contribution < 1.29 is 19.4 Å². The second kappa shape index (κ2) is 7.45. The van der Waals surface area contributed by atoms with Crippen LogP contribution in [0.3, 0.4) is 0 Å². The van der Waals surface area contributed by atoms with Gasteiger partial charge in [-0.1, -0.05) is 13.8 Å². The number of carbonyl (C=O) groups excluding carboxylic acids is 1. The van der Waals surface area contributed by atoms with Gasteiger partial charge in [0, 0.05) is 19.0 Å². The molecule has 6 nitrogen and oxygen atoms in total. The van der Waals surface area contributed by atoms with E-state index < -0.39 is 11.9 Å². The molecule has 1 rings (SSSR count). The molecule has 0 aromatic carbocycles. The van der Waals surface area contributed by atoms with Crippen molar-refractivity contribution in [3.63, 3.8) is 0 Å². The maximum atomic E-state index is 12.4. The molecule has 19 heavy (non-hydrogen) atoms. The maximum absolute atomic E-state index is 12.4. The molecule has 1 saturated heterocycles. The van der Waals surface area contributed by atoms with Crippen molar-refractivity contribution >= 4 is 11.9 Å². The van der Waals surface area contributed by atoms with Crippen molar-refractivity contribution in [2.45, 2.75) is 26.8 Å². The Bertz CT molecular complexity index is 322. The minimum atomic E-state index is -0.895. The molecule has 1 amide bonds. The number of ether oxygens (including phenoxy) is 1. The zero-order valence-electron chi connectivity index (χ0n) is 11.9. The van der Waals surface area contributed by atoms with Gasteiger partial charge in [-0.3, -0.25) is 9.59 Å². The summed E-state index contributed by atoms with van der Waals surface area (Å²) in [6.07, 6.45) is 0. The summed E-state index contributed by atoms with van der Waals surface area (Å²) in [7, 11) is 0. The quantitative estimate of drug-likeness (QED) is 0.691. The number of hydrogen-bond acceptors (Lipinski definition) is 4. The summed E-state index contributed by atoms with van der Waals surface area (Å²) < 4.78 is 5.23. The van der Waals surface area contributed by atoms with Gasteiger partial charge in [-0.15, -0.1) is 0 Å². The molecule has 0 aromatic heterocycles. The molecule has 0 aliphatic carbocycles. The summed E-state index contributed by atoms with van der Waals surface area (Å²) in [5, 5.41) is 12.3. The monoisotopic (exact) mass is 272 g/mol. The summed E-state index contributed by atoms with van der Waals surface area (Å²) in [5.41, 5.74) is 0. The predicted octanol–water partition coefficient (Wildman–Crippen LogP) is 0.180. The molecule has 0 radical (unpaired) electrons. The molecule has 3 unspecified atom stereocenters. The SMILES string of the molecule is CCNCC(C)C(=O)N(CC)C1COCC1C(=O)O. The van der Waals surface area contributed by atoms with Gasteiger partial charge in [-0.2, -0.15) is 0 Å². The number of amides is 1. The number of carboxylic acids is 1. The molecule has 0 saturated carbocycles. The fourth-order valence-corrected chi connectivity index (χ4v) is 2.37. The number of hydrogen-bond donors (Lipinski definition) is 2. The van der Waals surface area contributed by atoms with Crippen LogP contribution in [0.5, 0.6) is 0 Å². The van der Waals surface area contributed by atoms with Crippen LogP contribution in [0.25, 0.3) is 0 Å². The number of aliphatic carboxylic acids is 1. The van der Waals surface area contributed by atoms with Gasteiger partial charge in [0.05, 0.1) is 19.3 Å². The van der Waals surface area contributed by atoms with Crippen LogP contribution in [-0.4, -0.2) is 60.8 Å². The average molecular weight is 272 g/mol. The lowest BCUT2D eigenvalue weighted by atomic mass is 10.0. The Morgan fingerprint density at radius 3 is 2.63 bits per heavy atom. The molecular formula is C13H24N2O4. The molecule has 1 fully saturated rings. The molecule has 1 heterocycles. The average Bonchev–Trinajstić information content (AvgIpc) is 2.86. The number of carboxylic acid groups (broad SMARTS) is 1. The van der Waals surface area contributed by atoms with E-state index in [-0.39, 0.29) is 24.5 Å². The van der Waals surface area contributed by atoms with Crippen LogP contribution >= 0.6 is 0 Å². The van der Waals surface area contributed by atoms with Gasteiger partial charge in [-0.05, 0) is 13.5 Å². The Morgan fingerprint density at radius 2 is 2.11 bits per heavy atom. The molecular weight excluding hydrogens is 248 g/mol. The summed E-state index contributed by atoms with van der Waals surface area (Å²) in [6, 6.07) is -0.348. The van der Waals surface area contributed by atoms with Gasteiger partial charge in [0.2, 0.25) is 5.91 Å². The number of nitrogens with zero attached hydrogens (tertiary/aromatic N) is 1. The first kappa shape index (κ1) is 15.9. The third kappa shape index (κ3) is 3.91. The van der Waals surface area contributed by atoms with Crippen molar-refractivity contribution in [2.24, 2.45) is 11.8 Å². The summed E-state index contributed by atoms with van der Waals surface area (Å²) >= 11 is 0. The molecule has 0 aromatic rings. The van der Waals surface area contributed by atoms with E-state index in [0.717, 1.165) is 6.54 Å². The molecule has 1 aliphatic rings. The van der Waals surface area contributed by atoms with Crippen LogP contribution in [0.2, 0.25) is 0 Å². The van der Waals surface area contributed by atoms with Gasteiger partial charge in [0.1, 0.15) is 5.92 Å². The zero-order valence-corrected chi connectivity index (χ0v) is 11.9. The third-order valence-electron chi connectivity index (χ3n) is 3.51. The number of nitrogens with one attached hydrogen (secondary N) is 1. The molecule has 0 bridgehead atoms. The van der Waals surface area contributed by atoms with E-state index in [1.54, 1.807) is 4.90 Å². The second-order valence-corrected chi connectivity index (χ2v) is 4.88. The highest BCUT2D eigenvalue weighted by Crippen LogP contribution is 2.21. The van der Waals surface area contributed by atoms with E-state index in [0.29, 0.717) is 19.7 Å². The Labute approximate surface area is 114 Å². The highest BCUT2D eigenvalue weighted by Gasteiger charge is 2.40. The second-order valence-electron chi connectivity index (χ2n) is 4.88. The number of likely N-dealkylation sites (N-methyl/N-ethyl adjacent to an activating group) is 1. The summed E-state index contributed by atoms with van der Waals surface area (Å²) in [4.78, 5) is 25.2. The maximum Gasteiger partial charge on any atom is 0.311 e. The van der Waals surface area contributed by atoms with E-state index in [2.05, 4.69) is 5.32 Å². The zero-order chi connectivity index (χ0) is 14.4. The number of rotatable bonds is 7. The summed E-state index contributed by atoms with van der Waals surface area (Å²) in [6.45, 7) is 8.14. The Kier molecular flexibility index (Phi) is 6.24. The van der Waals surface area contributed by atoms with Gasteiger partial charge < -0.3 is 20.1 Å². The lowest BCUT2D eigenvalue weighted by molar-refractivity contribution is -0.145. The Balaban J connectivity index is 2.70. The summed E-state index contributed by atoms with van der Waals surface area (Å²) in [5.74, 6) is -1.68. The van der Waals surface area contributed by atoms with Crippen molar-refractivity contribution in [3.05, 3.63) is 0 Å². The van der Waals surface area contributed by atoms with E-state index in [4.69, 9.17) is 9.84 Å². The predicted molar refractivity (Wildman–Crippen MR) is 70.8 cm³/mol. The first-order valence-corrected chi connectivity index (χ1v) is 6.84. The van der Waals surface area contributed by atoms with E-state index in [1.807, 2.05) is 20.8 Å². The van der Waals surface area contributed by atoms with Crippen molar-refractivity contribution in [1.82, 2.24) is 10.2 Å². The minimum Gasteiger partial charge on any atom is -0.481 e. The van der Waals surface area contributed by atoms with Crippen molar-refractivity contribution in [2.75, 3.05) is 32.8 Å². The van der Waals surface area contributed by atoms with E-state index in [9.17, 15) is 9.59 Å². The highest BCUT2D eigenvalue weighted by molar-refractivity contribution is 5.80. The third-order valence-corrected chi connectivity index (χ3v) is 3.51. The van der Waals surface area contributed by atoms with Gasteiger partial charge in [0.15, 0.2) is 0 Å². The molecule has 110 valence electrons. The first-order valence-electron chi connectivity index (χ1n) is 6.84. The fourth-order valence-electron chi connectivity index (χ4n) is 2.37. The Hall–Kier alpha value is -1.14. The van der Waals surface area contributed by atoms with Gasteiger partial charge in [-0.25, -0.2) is 0 Å². The lowest BCUT2D eigenvalue weighted by Crippen LogP contribution is -2.49. The van der Waals surface area contributed by atoms with Crippen LogP contribution in [0.1, 0.15) is 20.8 Å². The number of carbonyl (C=O) groups is 2. The lowest BCUT2D eigenvalue weighted by Gasteiger charge is -2.31. The topological polar surface area (TPSA) is 78.9 Å². The van der Waals surface area contributed by atoms with E-state index >= 15 is 0 Å². The standard InChI is InChI=1S/C13H24N2O4/c1-4-14-6-9(3)12(16)15(5-2)11-8-19-7-10(11)13(17)18/h9-11,14H,4-8H2,1-3H3,(H,17,18). The first-order chi connectivity index (χ1) is 9.02. The molecule has 1 aliphatic heterocycles. The van der Waals surface area contributed by atoms with Crippen LogP contribution in [0, 0.1) is 11.8 Å². The van der Waals surface area contributed by atoms with Gasteiger partial charge >= 0.3 is 5.97 Å². The normalized spacial score (nSPS) is 24.2.